The molecule has 3 heterocycles. The highest BCUT2D eigenvalue weighted by atomic mass is 16.5. The van der Waals surface area contributed by atoms with Gasteiger partial charge in [-0.05, 0) is 44.7 Å². The minimum absolute atomic E-state index is 0.0994. The van der Waals surface area contributed by atoms with E-state index in [0.717, 1.165) is 18.9 Å². The maximum atomic E-state index is 12.5. The molecule has 1 aromatic heterocycles. The lowest BCUT2D eigenvalue weighted by molar-refractivity contribution is -0.149. The number of likely N-dealkylation sites (tertiary alicyclic amines) is 1. The molecule has 0 aliphatic carbocycles. The number of anilines is 1. The van der Waals surface area contributed by atoms with Crippen molar-refractivity contribution in [3.05, 3.63) is 17.8 Å². The van der Waals surface area contributed by atoms with E-state index in [4.69, 9.17) is 4.74 Å². The van der Waals surface area contributed by atoms with Crippen molar-refractivity contribution >= 4 is 17.7 Å². The zero-order chi connectivity index (χ0) is 16.9. The van der Waals surface area contributed by atoms with Gasteiger partial charge in [0.25, 0.3) is 5.91 Å². The molecule has 2 saturated heterocycles. The molecule has 0 N–H and O–H groups in total. The predicted molar refractivity (Wildman–Crippen MR) is 88.7 cm³/mol. The van der Waals surface area contributed by atoms with Crippen LogP contribution in [0.25, 0.3) is 0 Å². The molecular weight excluding hydrogens is 308 g/mol. The zero-order valence-corrected chi connectivity index (χ0v) is 14.1. The maximum Gasteiger partial charge on any atom is 0.309 e. The molecule has 2 aliphatic rings. The van der Waals surface area contributed by atoms with E-state index in [0.29, 0.717) is 38.2 Å². The average molecular weight is 332 g/mol. The standard InChI is InChI=1S/C17H24N4O3/c1-2-24-17(23)13-7-11-21(12-8-13)16(22)14-5-6-15(19-18-14)20-9-3-4-10-20/h5-6,13H,2-4,7-12H2,1H3. The molecular formula is C17H24N4O3. The van der Waals surface area contributed by atoms with E-state index in [1.54, 1.807) is 17.9 Å². The van der Waals surface area contributed by atoms with Gasteiger partial charge in [0, 0.05) is 26.2 Å². The summed E-state index contributed by atoms with van der Waals surface area (Å²) in [6, 6.07) is 3.62. The molecule has 2 aliphatic heterocycles. The van der Waals surface area contributed by atoms with Crippen LogP contribution in [0, 0.1) is 5.92 Å². The zero-order valence-electron chi connectivity index (χ0n) is 14.1. The first-order valence-electron chi connectivity index (χ1n) is 8.73. The largest absolute Gasteiger partial charge is 0.466 e. The van der Waals surface area contributed by atoms with E-state index in [9.17, 15) is 9.59 Å². The van der Waals surface area contributed by atoms with Gasteiger partial charge in [0.05, 0.1) is 12.5 Å². The van der Waals surface area contributed by atoms with E-state index in [-0.39, 0.29) is 17.8 Å². The Labute approximate surface area is 142 Å². The fourth-order valence-electron chi connectivity index (χ4n) is 3.29. The third-order valence-electron chi connectivity index (χ3n) is 4.70. The number of hydrogen-bond acceptors (Lipinski definition) is 6. The number of carbonyl (C=O) groups excluding carboxylic acids is 2. The molecule has 130 valence electrons. The maximum absolute atomic E-state index is 12.5. The smallest absolute Gasteiger partial charge is 0.309 e. The summed E-state index contributed by atoms with van der Waals surface area (Å²) in [7, 11) is 0. The van der Waals surface area contributed by atoms with Gasteiger partial charge < -0.3 is 14.5 Å². The number of rotatable bonds is 4. The minimum Gasteiger partial charge on any atom is -0.466 e. The van der Waals surface area contributed by atoms with Gasteiger partial charge in [0.15, 0.2) is 11.5 Å². The third-order valence-corrected chi connectivity index (χ3v) is 4.70. The molecule has 1 amide bonds. The molecule has 0 bridgehead atoms. The van der Waals surface area contributed by atoms with Crippen LogP contribution in [0.2, 0.25) is 0 Å². The highest BCUT2D eigenvalue weighted by Crippen LogP contribution is 2.21. The first-order chi connectivity index (χ1) is 11.7. The van der Waals surface area contributed by atoms with Gasteiger partial charge in [0.2, 0.25) is 0 Å². The number of ether oxygens (including phenoxy) is 1. The quantitative estimate of drug-likeness (QED) is 0.778. The Kier molecular flexibility index (Phi) is 5.27. The van der Waals surface area contributed by atoms with Crippen LogP contribution in [0.5, 0.6) is 0 Å². The Morgan fingerprint density at radius 2 is 1.83 bits per heavy atom. The number of amides is 1. The van der Waals surface area contributed by atoms with Crippen molar-refractivity contribution in [1.82, 2.24) is 15.1 Å². The molecule has 7 heteroatoms. The lowest BCUT2D eigenvalue weighted by atomic mass is 9.97. The molecule has 3 rings (SSSR count). The minimum atomic E-state index is -0.153. The lowest BCUT2D eigenvalue weighted by Crippen LogP contribution is -2.41. The third kappa shape index (κ3) is 3.66. The van der Waals surface area contributed by atoms with Gasteiger partial charge >= 0.3 is 5.97 Å². The molecule has 1 aromatic rings. The second-order valence-corrected chi connectivity index (χ2v) is 6.29. The van der Waals surface area contributed by atoms with Crippen LogP contribution >= 0.6 is 0 Å². The predicted octanol–water partition coefficient (Wildman–Crippen LogP) is 1.49. The monoisotopic (exact) mass is 332 g/mol. The second-order valence-electron chi connectivity index (χ2n) is 6.29. The number of piperidine rings is 1. The van der Waals surface area contributed by atoms with Crippen molar-refractivity contribution in [3.63, 3.8) is 0 Å². The van der Waals surface area contributed by atoms with E-state index in [2.05, 4.69) is 15.1 Å². The Morgan fingerprint density at radius 1 is 1.12 bits per heavy atom. The normalized spacial score (nSPS) is 18.7. The number of hydrogen-bond donors (Lipinski definition) is 0. The summed E-state index contributed by atoms with van der Waals surface area (Å²) in [5, 5.41) is 8.31. The summed E-state index contributed by atoms with van der Waals surface area (Å²) in [6.45, 7) is 5.32. The summed E-state index contributed by atoms with van der Waals surface area (Å²) >= 11 is 0. The SMILES string of the molecule is CCOC(=O)C1CCN(C(=O)c2ccc(N3CCCC3)nn2)CC1. The van der Waals surface area contributed by atoms with Gasteiger partial charge in [-0.25, -0.2) is 0 Å². The topological polar surface area (TPSA) is 75.6 Å². The molecule has 0 spiro atoms. The molecule has 7 nitrogen and oxygen atoms in total. The van der Waals surface area contributed by atoms with Crippen molar-refractivity contribution in [2.75, 3.05) is 37.7 Å². The second kappa shape index (κ2) is 7.59. The van der Waals surface area contributed by atoms with Crippen molar-refractivity contribution in [2.45, 2.75) is 32.6 Å². The highest BCUT2D eigenvalue weighted by molar-refractivity contribution is 5.92. The van der Waals surface area contributed by atoms with Crippen molar-refractivity contribution in [2.24, 2.45) is 5.92 Å². The lowest BCUT2D eigenvalue weighted by Gasteiger charge is -2.30. The van der Waals surface area contributed by atoms with Crippen LogP contribution in [0.1, 0.15) is 43.1 Å². The van der Waals surface area contributed by atoms with Gasteiger partial charge in [-0.2, -0.15) is 0 Å². The average Bonchev–Trinajstić information content (AvgIpc) is 3.16. The van der Waals surface area contributed by atoms with Gasteiger partial charge in [-0.3, -0.25) is 9.59 Å². The van der Waals surface area contributed by atoms with Crippen LogP contribution in [0.15, 0.2) is 12.1 Å². The summed E-state index contributed by atoms with van der Waals surface area (Å²) in [4.78, 5) is 28.2. The van der Waals surface area contributed by atoms with Gasteiger partial charge in [-0.1, -0.05) is 0 Å². The molecule has 0 radical (unpaired) electrons. The molecule has 0 aromatic carbocycles. The molecule has 0 saturated carbocycles. The van der Waals surface area contributed by atoms with Crippen molar-refractivity contribution in [1.29, 1.82) is 0 Å². The Balaban J connectivity index is 1.56. The molecule has 24 heavy (non-hydrogen) atoms. The van der Waals surface area contributed by atoms with Gasteiger partial charge in [-0.15, -0.1) is 10.2 Å². The Hall–Kier alpha value is -2.18. The summed E-state index contributed by atoms with van der Waals surface area (Å²) < 4.78 is 5.05. The highest BCUT2D eigenvalue weighted by Gasteiger charge is 2.29. The van der Waals surface area contributed by atoms with Crippen LogP contribution in [-0.2, 0) is 9.53 Å². The van der Waals surface area contributed by atoms with Crippen LogP contribution in [-0.4, -0.2) is 59.8 Å². The van der Waals surface area contributed by atoms with Crippen LogP contribution in [0.3, 0.4) is 0 Å². The van der Waals surface area contributed by atoms with Crippen molar-refractivity contribution in [3.8, 4) is 0 Å². The molecule has 0 unspecified atom stereocenters. The number of aromatic nitrogens is 2. The Bertz CT molecular complexity index is 576. The fraction of sp³-hybridized carbons (Fsp3) is 0.647. The van der Waals surface area contributed by atoms with E-state index < -0.39 is 0 Å². The van der Waals surface area contributed by atoms with E-state index in [1.165, 1.54) is 12.8 Å². The van der Waals surface area contributed by atoms with Crippen molar-refractivity contribution < 1.29 is 14.3 Å². The number of nitrogens with zero attached hydrogens (tertiary/aromatic N) is 4. The molecule has 0 atom stereocenters. The summed E-state index contributed by atoms with van der Waals surface area (Å²) in [5.41, 5.74) is 0.368. The van der Waals surface area contributed by atoms with E-state index >= 15 is 0 Å². The van der Waals surface area contributed by atoms with Crippen LogP contribution in [0.4, 0.5) is 5.82 Å². The number of esters is 1. The fourth-order valence-corrected chi connectivity index (χ4v) is 3.29. The number of carbonyl (C=O) groups is 2. The summed E-state index contributed by atoms with van der Waals surface area (Å²) in [5.74, 6) is 0.472. The first kappa shape index (κ1) is 16.7. The molecule has 2 fully saturated rings. The van der Waals surface area contributed by atoms with Gasteiger partial charge in [0.1, 0.15) is 0 Å². The Morgan fingerprint density at radius 3 is 2.42 bits per heavy atom. The summed E-state index contributed by atoms with van der Waals surface area (Å²) in [6.07, 6.45) is 3.64. The van der Waals surface area contributed by atoms with E-state index in [1.807, 2.05) is 6.07 Å². The first-order valence-corrected chi connectivity index (χ1v) is 8.73. The van der Waals surface area contributed by atoms with Crippen LogP contribution < -0.4 is 4.90 Å².